The lowest BCUT2D eigenvalue weighted by atomic mass is 10.2. The number of nitrogens with zero attached hydrogens (tertiary/aromatic N) is 4. The van der Waals surface area contributed by atoms with Gasteiger partial charge in [0.25, 0.3) is 0 Å². The normalized spacial score (nSPS) is 13.5. The summed E-state index contributed by atoms with van der Waals surface area (Å²) >= 11 is 0. The Bertz CT molecular complexity index is 836. The third-order valence-electron chi connectivity index (χ3n) is 3.12. The van der Waals surface area contributed by atoms with E-state index >= 15 is 0 Å². The second-order valence-corrected chi connectivity index (χ2v) is 5.17. The number of carbonyl (C=O) groups excluding carboxylic acids is 1. The molecule has 2 heterocycles. The molecule has 0 unspecified atom stereocenters. The fourth-order valence-corrected chi connectivity index (χ4v) is 1.86. The number of pyridine rings is 1. The summed E-state index contributed by atoms with van der Waals surface area (Å²) < 4.78 is 0. The molecule has 0 bridgehead atoms. The van der Waals surface area contributed by atoms with Gasteiger partial charge in [-0.15, -0.1) is 0 Å². The van der Waals surface area contributed by atoms with Crippen molar-refractivity contribution in [3.05, 3.63) is 59.9 Å². The average Bonchev–Trinajstić information content (AvgIpc) is 2.64. The highest BCUT2D eigenvalue weighted by Gasteiger charge is 2.16. The fraction of sp³-hybridized carbons (Fsp3) is 0.118. The van der Waals surface area contributed by atoms with Gasteiger partial charge in [-0.2, -0.15) is 10.2 Å². The molecule has 0 saturated heterocycles. The molecule has 0 saturated carbocycles. The van der Waals surface area contributed by atoms with Crippen LogP contribution in [0, 0.1) is 0 Å². The quantitative estimate of drug-likeness (QED) is 0.725. The van der Waals surface area contributed by atoms with Crippen LogP contribution in [-0.4, -0.2) is 50.7 Å². The number of hydrogen-bond donors (Lipinski definition) is 3. The van der Waals surface area contributed by atoms with Crippen LogP contribution in [0.3, 0.4) is 0 Å². The first-order valence-corrected chi connectivity index (χ1v) is 7.53. The van der Waals surface area contributed by atoms with Crippen LogP contribution in [-0.2, 0) is 0 Å². The monoisotopic (exact) mass is 355 g/mol. The van der Waals surface area contributed by atoms with Gasteiger partial charge in [0.2, 0.25) is 0 Å². The number of urea groups is 1. The Morgan fingerprint density at radius 1 is 1.31 bits per heavy atom. The van der Waals surface area contributed by atoms with Crippen molar-refractivity contribution in [3.8, 4) is 5.75 Å². The van der Waals surface area contributed by atoms with E-state index in [0.29, 0.717) is 6.54 Å². The number of phenols is 1. The number of rotatable bonds is 3. The molecular formula is C17H17N5O4. The van der Waals surface area contributed by atoms with Crippen LogP contribution < -0.4 is 5.43 Å². The summed E-state index contributed by atoms with van der Waals surface area (Å²) in [6.45, 7) is 2.23. The predicted octanol–water partition coefficient (Wildman–Crippen LogP) is 1.91. The number of aromatic carboxylic acids is 1. The number of nitrogens with one attached hydrogen (secondary N) is 1. The Morgan fingerprint density at radius 2 is 2.08 bits per heavy atom. The Balaban J connectivity index is 0.000000209. The molecule has 1 aliphatic heterocycles. The maximum absolute atomic E-state index is 11.3. The Labute approximate surface area is 149 Å². The lowest BCUT2D eigenvalue weighted by Crippen LogP contribution is -2.42. The maximum Gasteiger partial charge on any atom is 0.358 e. The number of aromatic nitrogens is 1. The molecule has 2 aromatic rings. The minimum atomic E-state index is -1.11. The number of hydrogen-bond acceptors (Lipinski definition) is 6. The zero-order valence-electron chi connectivity index (χ0n) is 13.9. The second kappa shape index (κ2) is 8.92. The van der Waals surface area contributed by atoms with Crippen molar-refractivity contribution in [1.29, 1.82) is 0 Å². The van der Waals surface area contributed by atoms with Gasteiger partial charge in [0.1, 0.15) is 11.3 Å². The van der Waals surface area contributed by atoms with Gasteiger partial charge in [0.05, 0.1) is 18.5 Å². The van der Waals surface area contributed by atoms with Gasteiger partial charge >= 0.3 is 12.0 Å². The maximum atomic E-state index is 11.3. The molecule has 0 radical (unpaired) electrons. The molecule has 0 atom stereocenters. The summed E-state index contributed by atoms with van der Waals surface area (Å²) in [5.74, 6) is -1.31. The van der Waals surface area contributed by atoms with Gasteiger partial charge in [-0.3, -0.25) is 4.98 Å². The molecule has 1 aromatic heterocycles. The van der Waals surface area contributed by atoms with E-state index in [1.54, 1.807) is 30.7 Å². The molecule has 0 fully saturated rings. The fourth-order valence-electron chi connectivity index (χ4n) is 1.86. The molecule has 1 aliphatic rings. The Kier molecular flexibility index (Phi) is 6.38. The first-order chi connectivity index (χ1) is 12.5. The molecule has 0 spiro atoms. The highest BCUT2D eigenvalue weighted by molar-refractivity contribution is 5.92. The zero-order valence-corrected chi connectivity index (χ0v) is 13.9. The number of para-hydroxylation sites is 1. The number of carbonyl (C=O) groups is 2. The van der Waals surface area contributed by atoms with Gasteiger partial charge in [-0.25, -0.2) is 20.0 Å². The van der Waals surface area contributed by atoms with E-state index in [9.17, 15) is 9.59 Å². The van der Waals surface area contributed by atoms with Crippen molar-refractivity contribution in [2.45, 2.75) is 6.92 Å². The molecule has 0 aliphatic carbocycles. The van der Waals surface area contributed by atoms with Crippen LogP contribution in [0.5, 0.6) is 5.75 Å². The van der Waals surface area contributed by atoms with Gasteiger partial charge in [-0.1, -0.05) is 18.2 Å². The number of hydrazone groups is 2. The first kappa shape index (κ1) is 18.6. The Morgan fingerprint density at radius 3 is 2.69 bits per heavy atom. The van der Waals surface area contributed by atoms with Crippen LogP contribution in [0.1, 0.15) is 22.8 Å². The van der Waals surface area contributed by atoms with E-state index in [4.69, 9.17) is 10.2 Å². The highest BCUT2D eigenvalue weighted by atomic mass is 16.4. The summed E-state index contributed by atoms with van der Waals surface area (Å²) in [5.41, 5.74) is 3.95. The minimum absolute atomic E-state index is 0.0671. The van der Waals surface area contributed by atoms with Crippen LogP contribution in [0.2, 0.25) is 0 Å². The second-order valence-electron chi connectivity index (χ2n) is 5.17. The zero-order chi connectivity index (χ0) is 18.9. The first-order valence-electron chi connectivity index (χ1n) is 7.53. The van der Waals surface area contributed by atoms with Crippen LogP contribution in [0.15, 0.2) is 59.0 Å². The molecule has 3 rings (SSSR count). The van der Waals surface area contributed by atoms with Crippen molar-refractivity contribution >= 4 is 23.9 Å². The topological polar surface area (TPSA) is 127 Å². The number of amides is 2. The third kappa shape index (κ3) is 5.41. The predicted molar refractivity (Wildman–Crippen MR) is 95.2 cm³/mol. The van der Waals surface area contributed by atoms with E-state index in [1.165, 1.54) is 17.1 Å². The number of carboxylic acids is 1. The molecule has 9 heteroatoms. The molecule has 2 amide bonds. The lowest BCUT2D eigenvalue weighted by Gasteiger charge is -2.20. The van der Waals surface area contributed by atoms with Gasteiger partial charge in [-0.05, 0) is 25.1 Å². The summed E-state index contributed by atoms with van der Waals surface area (Å²) in [7, 11) is 0. The van der Waals surface area contributed by atoms with E-state index in [1.807, 2.05) is 19.1 Å². The molecule has 3 N–H and O–H groups in total. The van der Waals surface area contributed by atoms with Crippen molar-refractivity contribution in [1.82, 2.24) is 15.4 Å². The van der Waals surface area contributed by atoms with Crippen LogP contribution >= 0.6 is 0 Å². The molecular weight excluding hydrogens is 338 g/mol. The van der Waals surface area contributed by atoms with E-state index < -0.39 is 5.97 Å². The number of carboxylic acid groups (broad SMARTS) is 1. The highest BCUT2D eigenvalue weighted by Crippen LogP contribution is 2.14. The van der Waals surface area contributed by atoms with Crippen molar-refractivity contribution in [3.63, 3.8) is 0 Å². The summed E-state index contributed by atoms with van der Waals surface area (Å²) in [5, 5.41) is 26.5. The number of benzene rings is 1. The Hall–Kier alpha value is -3.75. The summed E-state index contributed by atoms with van der Waals surface area (Å²) in [6.07, 6.45) is 4.94. The standard InChI is InChI=1S/C10H11N5O.C7H6O3/c1-8-7-15(10(16)14-13-8)12-6-9-3-2-4-11-5-9;8-6-4-2-1-3-5(6)7(9)10/h2-6H,7H2,1H3,(H,14,16);1-4,8H,(H,9,10)/b12-6+;. The number of aromatic hydroxyl groups is 1. The molecule has 1 aromatic carbocycles. The minimum Gasteiger partial charge on any atom is -0.507 e. The van der Waals surface area contributed by atoms with Gasteiger partial charge in [0, 0.05) is 18.0 Å². The third-order valence-corrected chi connectivity index (χ3v) is 3.12. The van der Waals surface area contributed by atoms with Gasteiger partial charge in [0.15, 0.2) is 0 Å². The average molecular weight is 355 g/mol. The smallest absolute Gasteiger partial charge is 0.358 e. The van der Waals surface area contributed by atoms with Crippen molar-refractivity contribution < 1.29 is 19.8 Å². The summed E-state index contributed by atoms with van der Waals surface area (Å²) in [4.78, 5) is 25.5. The van der Waals surface area contributed by atoms with Crippen LogP contribution in [0.4, 0.5) is 4.79 Å². The summed E-state index contributed by atoms with van der Waals surface area (Å²) in [6, 6.07) is 9.15. The lowest BCUT2D eigenvalue weighted by molar-refractivity contribution is 0.0693. The van der Waals surface area contributed by atoms with Crippen molar-refractivity contribution in [2.24, 2.45) is 10.2 Å². The molecule has 9 nitrogen and oxygen atoms in total. The van der Waals surface area contributed by atoms with E-state index in [-0.39, 0.29) is 17.3 Å². The van der Waals surface area contributed by atoms with E-state index in [0.717, 1.165) is 11.3 Å². The van der Waals surface area contributed by atoms with E-state index in [2.05, 4.69) is 20.6 Å². The molecule has 134 valence electrons. The van der Waals surface area contributed by atoms with Gasteiger partial charge < -0.3 is 10.2 Å². The van der Waals surface area contributed by atoms with Crippen molar-refractivity contribution in [2.75, 3.05) is 6.54 Å². The SMILES string of the molecule is CC1=NNC(=O)N(/N=C/c2cccnc2)C1.O=C(O)c1ccccc1O. The largest absolute Gasteiger partial charge is 0.507 e. The molecule has 26 heavy (non-hydrogen) atoms. The van der Waals surface area contributed by atoms with Crippen LogP contribution in [0.25, 0.3) is 0 Å².